The number of benzene rings is 2. The molecule has 0 aliphatic rings. The number of hydrogen-bond donors (Lipinski definition) is 0. The van der Waals surface area contributed by atoms with Crippen LogP contribution in [-0.4, -0.2) is 0 Å². The summed E-state index contributed by atoms with van der Waals surface area (Å²) in [5, 5.41) is 2.15. The number of hydrogen-bond acceptors (Lipinski definition) is 1. The van der Waals surface area contributed by atoms with Crippen molar-refractivity contribution >= 4 is 27.3 Å². The molecule has 0 nitrogen and oxygen atoms in total. The van der Waals surface area contributed by atoms with Crippen molar-refractivity contribution in [3.05, 3.63) is 70.5 Å². The second-order valence-electron chi connectivity index (χ2n) is 4.04. The molecule has 0 aliphatic heterocycles. The SMILES string of the molecule is Brc1cccc(-c2sccc2-c2ccccc2)c1. The van der Waals surface area contributed by atoms with E-state index < -0.39 is 0 Å². The highest BCUT2D eigenvalue weighted by atomic mass is 79.9. The lowest BCUT2D eigenvalue weighted by Crippen LogP contribution is -1.78. The predicted octanol–water partition coefficient (Wildman–Crippen LogP) is 5.84. The van der Waals surface area contributed by atoms with E-state index in [1.807, 2.05) is 0 Å². The molecule has 0 spiro atoms. The molecule has 0 bridgehead atoms. The van der Waals surface area contributed by atoms with Crippen molar-refractivity contribution in [3.8, 4) is 21.6 Å². The maximum atomic E-state index is 3.53. The minimum Gasteiger partial charge on any atom is -0.143 e. The van der Waals surface area contributed by atoms with Gasteiger partial charge in [0, 0.05) is 14.9 Å². The summed E-state index contributed by atoms with van der Waals surface area (Å²) >= 11 is 5.32. The van der Waals surface area contributed by atoms with Crippen LogP contribution in [0.3, 0.4) is 0 Å². The summed E-state index contributed by atoms with van der Waals surface area (Å²) in [6, 6.07) is 21.2. The largest absolute Gasteiger partial charge is 0.143 e. The summed E-state index contributed by atoms with van der Waals surface area (Å²) in [6.45, 7) is 0. The molecule has 0 unspecified atom stereocenters. The summed E-state index contributed by atoms with van der Waals surface area (Å²) in [6.07, 6.45) is 0. The topological polar surface area (TPSA) is 0 Å². The van der Waals surface area contributed by atoms with Crippen LogP contribution in [0.5, 0.6) is 0 Å². The summed E-state index contributed by atoms with van der Waals surface area (Å²) in [4.78, 5) is 1.32. The molecular weight excluding hydrogens is 304 g/mol. The van der Waals surface area contributed by atoms with Gasteiger partial charge in [-0.1, -0.05) is 58.4 Å². The van der Waals surface area contributed by atoms with Crippen molar-refractivity contribution in [2.75, 3.05) is 0 Å². The third-order valence-corrected chi connectivity index (χ3v) is 4.29. The first-order chi connectivity index (χ1) is 8.84. The van der Waals surface area contributed by atoms with E-state index in [0.717, 1.165) is 4.47 Å². The first kappa shape index (κ1) is 11.7. The fraction of sp³-hybridized carbons (Fsp3) is 0. The van der Waals surface area contributed by atoms with Crippen LogP contribution in [0, 0.1) is 0 Å². The fourth-order valence-electron chi connectivity index (χ4n) is 2.01. The van der Waals surface area contributed by atoms with Gasteiger partial charge in [-0.25, -0.2) is 0 Å². The van der Waals surface area contributed by atoms with E-state index in [9.17, 15) is 0 Å². The lowest BCUT2D eigenvalue weighted by Gasteiger charge is -2.04. The molecule has 0 saturated carbocycles. The van der Waals surface area contributed by atoms with Crippen molar-refractivity contribution in [2.24, 2.45) is 0 Å². The third-order valence-electron chi connectivity index (χ3n) is 2.84. The molecule has 0 radical (unpaired) electrons. The molecule has 0 amide bonds. The zero-order valence-electron chi connectivity index (χ0n) is 9.64. The molecule has 1 aromatic heterocycles. The Morgan fingerprint density at radius 3 is 2.33 bits per heavy atom. The molecule has 0 saturated heterocycles. The van der Waals surface area contributed by atoms with E-state index in [2.05, 4.69) is 82.0 Å². The van der Waals surface area contributed by atoms with Gasteiger partial charge < -0.3 is 0 Å². The van der Waals surface area contributed by atoms with Crippen molar-refractivity contribution in [1.82, 2.24) is 0 Å². The Kier molecular flexibility index (Phi) is 3.31. The van der Waals surface area contributed by atoms with Gasteiger partial charge in [0.15, 0.2) is 0 Å². The van der Waals surface area contributed by atoms with Crippen molar-refractivity contribution in [1.29, 1.82) is 0 Å². The summed E-state index contributed by atoms with van der Waals surface area (Å²) < 4.78 is 1.12. The highest BCUT2D eigenvalue weighted by Crippen LogP contribution is 2.37. The Morgan fingerprint density at radius 1 is 0.778 bits per heavy atom. The normalized spacial score (nSPS) is 10.5. The molecule has 0 atom stereocenters. The third kappa shape index (κ3) is 2.26. The maximum absolute atomic E-state index is 3.53. The van der Waals surface area contributed by atoms with Crippen molar-refractivity contribution < 1.29 is 0 Å². The highest BCUT2D eigenvalue weighted by Gasteiger charge is 2.08. The van der Waals surface area contributed by atoms with Crippen LogP contribution in [0.1, 0.15) is 0 Å². The Balaban J connectivity index is 2.13. The Hall–Kier alpha value is -1.38. The molecular formula is C16H11BrS. The monoisotopic (exact) mass is 314 g/mol. The molecule has 0 N–H and O–H groups in total. The smallest absolute Gasteiger partial charge is 0.0421 e. The second-order valence-corrected chi connectivity index (χ2v) is 5.87. The minimum absolute atomic E-state index is 1.12. The van der Waals surface area contributed by atoms with E-state index in [1.165, 1.54) is 21.6 Å². The molecule has 0 aliphatic carbocycles. The second kappa shape index (κ2) is 5.09. The quantitative estimate of drug-likeness (QED) is 0.557. The van der Waals surface area contributed by atoms with E-state index >= 15 is 0 Å². The van der Waals surface area contributed by atoms with Crippen molar-refractivity contribution in [3.63, 3.8) is 0 Å². The molecule has 88 valence electrons. The molecule has 3 rings (SSSR count). The molecule has 3 aromatic rings. The lowest BCUT2D eigenvalue weighted by molar-refractivity contribution is 1.63. The summed E-state index contributed by atoms with van der Waals surface area (Å²) in [5.41, 5.74) is 3.84. The van der Waals surface area contributed by atoms with Crippen LogP contribution < -0.4 is 0 Å². The molecule has 0 fully saturated rings. The van der Waals surface area contributed by atoms with Gasteiger partial charge in [0.25, 0.3) is 0 Å². The predicted molar refractivity (Wildman–Crippen MR) is 82.9 cm³/mol. The van der Waals surface area contributed by atoms with Crippen LogP contribution in [0.2, 0.25) is 0 Å². The van der Waals surface area contributed by atoms with E-state index in [0.29, 0.717) is 0 Å². The molecule has 2 aromatic carbocycles. The maximum Gasteiger partial charge on any atom is 0.0421 e. The molecule has 1 heterocycles. The van der Waals surface area contributed by atoms with Crippen LogP contribution in [-0.2, 0) is 0 Å². The Labute approximate surface area is 119 Å². The molecule has 18 heavy (non-hydrogen) atoms. The summed E-state index contributed by atoms with van der Waals surface area (Å²) in [5.74, 6) is 0. The Bertz CT molecular complexity index is 656. The van der Waals surface area contributed by atoms with Crippen LogP contribution in [0.25, 0.3) is 21.6 Å². The van der Waals surface area contributed by atoms with E-state index in [4.69, 9.17) is 0 Å². The van der Waals surface area contributed by atoms with Crippen LogP contribution >= 0.6 is 27.3 Å². The average Bonchev–Trinajstić information content (AvgIpc) is 2.89. The van der Waals surface area contributed by atoms with Gasteiger partial charge in [0.05, 0.1) is 0 Å². The highest BCUT2D eigenvalue weighted by molar-refractivity contribution is 9.10. The van der Waals surface area contributed by atoms with E-state index in [1.54, 1.807) is 11.3 Å². The zero-order valence-corrected chi connectivity index (χ0v) is 12.0. The summed E-state index contributed by atoms with van der Waals surface area (Å²) in [7, 11) is 0. The van der Waals surface area contributed by atoms with Gasteiger partial charge in [-0.2, -0.15) is 0 Å². The zero-order chi connectivity index (χ0) is 12.4. The average molecular weight is 315 g/mol. The van der Waals surface area contributed by atoms with Gasteiger partial charge in [-0.3, -0.25) is 0 Å². The first-order valence-electron chi connectivity index (χ1n) is 5.73. The number of thiophene rings is 1. The number of halogens is 1. The van der Waals surface area contributed by atoms with Crippen LogP contribution in [0.15, 0.2) is 70.5 Å². The lowest BCUT2D eigenvalue weighted by atomic mass is 10.0. The van der Waals surface area contributed by atoms with Gasteiger partial charge in [-0.05, 0) is 34.7 Å². The van der Waals surface area contributed by atoms with Gasteiger partial charge >= 0.3 is 0 Å². The number of rotatable bonds is 2. The van der Waals surface area contributed by atoms with E-state index in [-0.39, 0.29) is 0 Å². The van der Waals surface area contributed by atoms with Crippen molar-refractivity contribution in [2.45, 2.75) is 0 Å². The van der Waals surface area contributed by atoms with Crippen LogP contribution in [0.4, 0.5) is 0 Å². The first-order valence-corrected chi connectivity index (χ1v) is 7.41. The fourth-order valence-corrected chi connectivity index (χ4v) is 3.32. The van der Waals surface area contributed by atoms with Gasteiger partial charge in [0.2, 0.25) is 0 Å². The van der Waals surface area contributed by atoms with Gasteiger partial charge in [-0.15, -0.1) is 11.3 Å². The van der Waals surface area contributed by atoms with Gasteiger partial charge in [0.1, 0.15) is 0 Å². The Morgan fingerprint density at radius 2 is 1.56 bits per heavy atom. The molecule has 2 heteroatoms. The standard InChI is InChI=1S/C16H11BrS/c17-14-8-4-7-13(11-14)16-15(9-10-18-16)12-5-2-1-3-6-12/h1-11H. The minimum atomic E-state index is 1.12.